The third kappa shape index (κ3) is 2.03. The van der Waals surface area contributed by atoms with Gasteiger partial charge in [0.2, 0.25) is 0 Å². The van der Waals surface area contributed by atoms with Gasteiger partial charge in [0.25, 0.3) is 0 Å². The van der Waals surface area contributed by atoms with Crippen molar-refractivity contribution in [2.45, 2.75) is 38.5 Å². The maximum Gasteiger partial charge on any atom is 0.149 e. The van der Waals surface area contributed by atoms with Crippen LogP contribution in [0.4, 0.5) is 0 Å². The molecule has 2 heterocycles. The molecule has 1 aliphatic rings. The maximum absolute atomic E-state index is 5.89. The quantitative estimate of drug-likeness (QED) is 0.823. The lowest BCUT2D eigenvalue weighted by Gasteiger charge is -2.05. The van der Waals surface area contributed by atoms with Gasteiger partial charge in [-0.15, -0.1) is 0 Å². The van der Waals surface area contributed by atoms with Gasteiger partial charge in [-0.05, 0) is 30.9 Å². The summed E-state index contributed by atoms with van der Waals surface area (Å²) in [7, 11) is 0. The smallest absolute Gasteiger partial charge is 0.149 e. The summed E-state index contributed by atoms with van der Waals surface area (Å²) >= 11 is 5.89. The Labute approximate surface area is 111 Å². The Morgan fingerprint density at radius 2 is 2.11 bits per heavy atom. The highest BCUT2D eigenvalue weighted by atomic mass is 35.5. The van der Waals surface area contributed by atoms with Crippen molar-refractivity contribution in [2.75, 3.05) is 0 Å². The molecule has 4 heteroatoms. The predicted octanol–water partition coefficient (Wildman–Crippen LogP) is 4.39. The largest absolute Gasteiger partial charge is 0.360 e. The van der Waals surface area contributed by atoms with Crippen molar-refractivity contribution in [3.8, 4) is 11.3 Å². The summed E-state index contributed by atoms with van der Waals surface area (Å²) < 4.78 is 5.54. The van der Waals surface area contributed by atoms with Gasteiger partial charge in [-0.1, -0.05) is 30.6 Å². The molecule has 0 bridgehead atoms. The van der Waals surface area contributed by atoms with E-state index in [4.69, 9.17) is 16.1 Å². The summed E-state index contributed by atoms with van der Waals surface area (Å²) in [5, 5.41) is 4.88. The van der Waals surface area contributed by atoms with Crippen molar-refractivity contribution >= 4 is 11.6 Å². The zero-order chi connectivity index (χ0) is 12.7. The van der Waals surface area contributed by atoms with E-state index in [1.54, 1.807) is 6.20 Å². The first-order chi connectivity index (χ1) is 8.66. The van der Waals surface area contributed by atoms with Crippen molar-refractivity contribution < 1.29 is 4.52 Å². The highest BCUT2D eigenvalue weighted by Crippen LogP contribution is 2.46. The molecule has 18 heavy (non-hydrogen) atoms. The summed E-state index contributed by atoms with van der Waals surface area (Å²) in [6, 6.07) is 3.80. The van der Waals surface area contributed by atoms with Gasteiger partial charge in [-0.2, -0.15) is 0 Å². The second-order valence-corrected chi connectivity index (χ2v) is 5.53. The lowest BCUT2D eigenvalue weighted by atomic mass is 9.99. The van der Waals surface area contributed by atoms with Crippen LogP contribution in [0.3, 0.4) is 0 Å². The topological polar surface area (TPSA) is 38.9 Å². The molecule has 2 aromatic rings. The Morgan fingerprint density at radius 3 is 2.67 bits per heavy atom. The Bertz CT molecular complexity index is 536. The van der Waals surface area contributed by atoms with E-state index in [0.29, 0.717) is 16.9 Å². The van der Waals surface area contributed by atoms with Crippen LogP contribution in [-0.2, 0) is 0 Å². The minimum atomic E-state index is 0.328. The van der Waals surface area contributed by atoms with Crippen LogP contribution in [-0.4, -0.2) is 10.1 Å². The molecule has 3 rings (SSSR count). The number of aromatic nitrogens is 2. The molecule has 0 spiro atoms. The molecule has 0 saturated heterocycles. The first-order valence-corrected chi connectivity index (χ1v) is 6.66. The molecule has 0 amide bonds. The second kappa shape index (κ2) is 4.39. The third-order valence-corrected chi connectivity index (χ3v) is 3.45. The first-order valence-electron chi connectivity index (χ1n) is 6.28. The number of hydrogen-bond acceptors (Lipinski definition) is 3. The summed E-state index contributed by atoms with van der Waals surface area (Å²) in [6.07, 6.45) is 4.05. The predicted molar refractivity (Wildman–Crippen MR) is 70.8 cm³/mol. The fraction of sp³-hybridized carbons (Fsp3) is 0.429. The second-order valence-electron chi connectivity index (χ2n) is 5.10. The molecule has 0 N–H and O–H groups in total. The molecule has 1 saturated carbocycles. The van der Waals surface area contributed by atoms with Gasteiger partial charge >= 0.3 is 0 Å². The van der Waals surface area contributed by atoms with E-state index in [-0.39, 0.29) is 0 Å². The molecular weight excluding hydrogens is 248 g/mol. The van der Waals surface area contributed by atoms with Gasteiger partial charge in [0, 0.05) is 12.1 Å². The van der Waals surface area contributed by atoms with E-state index >= 15 is 0 Å². The van der Waals surface area contributed by atoms with Gasteiger partial charge in [0.15, 0.2) is 0 Å². The Morgan fingerprint density at radius 1 is 1.33 bits per heavy atom. The van der Waals surface area contributed by atoms with E-state index in [2.05, 4.69) is 24.0 Å². The number of halogens is 1. The molecule has 2 aromatic heterocycles. The van der Waals surface area contributed by atoms with E-state index < -0.39 is 0 Å². The molecule has 1 aliphatic carbocycles. The molecule has 0 unspecified atom stereocenters. The molecule has 0 aliphatic heterocycles. The minimum absolute atomic E-state index is 0.328. The highest BCUT2D eigenvalue weighted by molar-refractivity contribution is 6.30. The van der Waals surface area contributed by atoms with Crippen LogP contribution in [0.1, 0.15) is 50.0 Å². The lowest BCUT2D eigenvalue weighted by Crippen LogP contribution is -1.94. The number of pyridine rings is 1. The average Bonchev–Trinajstić information content (AvgIpc) is 3.09. The van der Waals surface area contributed by atoms with Gasteiger partial charge < -0.3 is 4.52 Å². The fourth-order valence-electron chi connectivity index (χ4n) is 2.12. The summed E-state index contributed by atoms with van der Waals surface area (Å²) in [4.78, 5) is 4.40. The molecule has 94 valence electrons. The van der Waals surface area contributed by atoms with Gasteiger partial charge in [0.1, 0.15) is 5.76 Å². The number of nitrogens with zero attached hydrogens (tertiary/aromatic N) is 2. The number of hydrogen-bond donors (Lipinski definition) is 0. The zero-order valence-electron chi connectivity index (χ0n) is 10.5. The minimum Gasteiger partial charge on any atom is -0.360 e. The van der Waals surface area contributed by atoms with E-state index in [1.165, 1.54) is 12.8 Å². The Kier molecular flexibility index (Phi) is 2.86. The van der Waals surface area contributed by atoms with Crippen LogP contribution in [0.25, 0.3) is 11.3 Å². The van der Waals surface area contributed by atoms with Crippen LogP contribution in [0.5, 0.6) is 0 Å². The van der Waals surface area contributed by atoms with Crippen molar-refractivity contribution in [1.82, 2.24) is 10.1 Å². The summed E-state index contributed by atoms with van der Waals surface area (Å²) in [5.41, 5.74) is 2.97. The molecule has 3 nitrogen and oxygen atoms in total. The van der Waals surface area contributed by atoms with Crippen molar-refractivity contribution in [1.29, 1.82) is 0 Å². The van der Waals surface area contributed by atoms with Crippen LogP contribution in [0.2, 0.25) is 5.02 Å². The van der Waals surface area contributed by atoms with E-state index in [9.17, 15) is 0 Å². The van der Waals surface area contributed by atoms with Crippen LogP contribution in [0, 0.1) is 0 Å². The zero-order valence-corrected chi connectivity index (χ0v) is 11.2. The molecular formula is C14H15ClN2O. The third-order valence-electron chi connectivity index (χ3n) is 3.22. The van der Waals surface area contributed by atoms with E-state index in [1.807, 2.05) is 12.1 Å². The summed E-state index contributed by atoms with van der Waals surface area (Å²) in [6.45, 7) is 4.24. The van der Waals surface area contributed by atoms with E-state index in [0.717, 1.165) is 22.7 Å². The van der Waals surface area contributed by atoms with Crippen LogP contribution >= 0.6 is 11.6 Å². The molecule has 0 aromatic carbocycles. The van der Waals surface area contributed by atoms with Crippen LogP contribution in [0.15, 0.2) is 22.9 Å². The Balaban J connectivity index is 2.12. The normalized spacial score (nSPS) is 15.3. The Hall–Kier alpha value is -1.35. The number of rotatable bonds is 3. The first kappa shape index (κ1) is 11.7. The monoisotopic (exact) mass is 262 g/mol. The molecule has 1 fully saturated rings. The van der Waals surface area contributed by atoms with Crippen molar-refractivity contribution in [2.24, 2.45) is 0 Å². The lowest BCUT2D eigenvalue weighted by molar-refractivity contribution is 0.376. The molecule has 0 radical (unpaired) electrons. The molecule has 0 atom stereocenters. The van der Waals surface area contributed by atoms with Crippen LogP contribution < -0.4 is 0 Å². The van der Waals surface area contributed by atoms with Gasteiger partial charge in [-0.3, -0.25) is 4.98 Å². The van der Waals surface area contributed by atoms with Crippen molar-refractivity contribution in [3.63, 3.8) is 0 Å². The van der Waals surface area contributed by atoms with Crippen molar-refractivity contribution in [3.05, 3.63) is 34.8 Å². The maximum atomic E-state index is 5.89. The SMILES string of the molecule is CC(C)c1noc(C2CC2)c1-c1ccc(Cl)cn1. The summed E-state index contributed by atoms with van der Waals surface area (Å²) in [5.74, 6) is 1.85. The fourth-order valence-corrected chi connectivity index (χ4v) is 2.23. The highest BCUT2D eigenvalue weighted by Gasteiger charge is 2.33. The van der Waals surface area contributed by atoms with Gasteiger partial charge in [0.05, 0.1) is 22.0 Å². The van der Waals surface area contributed by atoms with Gasteiger partial charge in [-0.25, -0.2) is 0 Å². The standard InChI is InChI=1S/C14H15ClN2O/c1-8(2)13-12(11-6-5-10(15)7-16-11)14(18-17-13)9-3-4-9/h5-9H,3-4H2,1-2H3. The average molecular weight is 263 g/mol.